The van der Waals surface area contributed by atoms with Gasteiger partial charge < -0.3 is 9.80 Å². The van der Waals surface area contributed by atoms with Gasteiger partial charge in [-0.15, -0.1) is 0 Å². The minimum Gasteiger partial charge on any atom is -0.347 e. The number of rotatable bonds is 4. The summed E-state index contributed by atoms with van der Waals surface area (Å²) in [5.41, 5.74) is 2.24. The molecule has 0 N–H and O–H groups in total. The highest BCUT2D eigenvalue weighted by atomic mass is 16.2. The second kappa shape index (κ2) is 7.27. The van der Waals surface area contributed by atoms with E-state index < -0.39 is 0 Å². The number of likely N-dealkylation sites (N-methyl/N-ethyl adjacent to an activating group) is 1. The molecule has 2 atom stereocenters. The van der Waals surface area contributed by atoms with Gasteiger partial charge in [0, 0.05) is 51.4 Å². The molecule has 1 aromatic carbocycles. The lowest BCUT2D eigenvalue weighted by Gasteiger charge is -2.36. The summed E-state index contributed by atoms with van der Waals surface area (Å²) in [6, 6.07) is 10.4. The van der Waals surface area contributed by atoms with E-state index in [0.29, 0.717) is 0 Å². The van der Waals surface area contributed by atoms with Crippen LogP contribution in [0.3, 0.4) is 0 Å². The van der Waals surface area contributed by atoms with E-state index in [-0.39, 0.29) is 30.3 Å². The maximum absolute atomic E-state index is 12.9. The van der Waals surface area contributed by atoms with Crippen molar-refractivity contribution >= 4 is 22.7 Å². The normalized spacial score (nSPS) is 22.9. The summed E-state index contributed by atoms with van der Waals surface area (Å²) in [6.07, 6.45) is 3.76. The van der Waals surface area contributed by atoms with Crippen LogP contribution >= 0.6 is 0 Å². The monoisotopic (exact) mass is 366 g/mol. The van der Waals surface area contributed by atoms with Crippen molar-refractivity contribution in [1.29, 1.82) is 0 Å². The summed E-state index contributed by atoms with van der Waals surface area (Å²) >= 11 is 0. The van der Waals surface area contributed by atoms with Gasteiger partial charge in [-0.2, -0.15) is 0 Å². The number of piperidine rings is 1. The molecule has 2 amide bonds. The number of hydrogen-bond donors (Lipinski definition) is 0. The molecule has 1 aromatic heterocycles. The highest BCUT2D eigenvalue weighted by molar-refractivity contribution is 5.87. The molecule has 3 saturated heterocycles. The molecule has 3 aliphatic rings. The van der Waals surface area contributed by atoms with Gasteiger partial charge >= 0.3 is 0 Å². The van der Waals surface area contributed by atoms with Crippen molar-refractivity contribution in [1.82, 2.24) is 19.7 Å². The van der Waals surface area contributed by atoms with Gasteiger partial charge in [0.1, 0.15) is 6.54 Å². The molecule has 2 aromatic rings. The Hall–Kier alpha value is -2.47. The van der Waals surface area contributed by atoms with Crippen LogP contribution in [-0.4, -0.2) is 71.3 Å². The van der Waals surface area contributed by atoms with E-state index in [1.165, 1.54) is 10.9 Å². The predicted octanol–water partition coefficient (Wildman–Crippen LogP) is 1.75. The molecule has 142 valence electrons. The summed E-state index contributed by atoms with van der Waals surface area (Å²) in [4.78, 5) is 35.3. The Labute approximate surface area is 159 Å². The number of fused-ring (bicyclic) bond motifs is 5. The molecule has 3 fully saturated rings. The first-order valence-corrected chi connectivity index (χ1v) is 9.58. The van der Waals surface area contributed by atoms with Crippen molar-refractivity contribution < 1.29 is 9.59 Å². The van der Waals surface area contributed by atoms with Crippen molar-refractivity contribution in [3.05, 3.63) is 42.1 Å². The van der Waals surface area contributed by atoms with E-state index in [0.717, 1.165) is 38.0 Å². The SMILES string of the molecule is CN(C)C(=O)CN1C(=O)[C@H]2CC[C@@H]1CN(Cc1ccnc3ccccc13)C2. The number of carbonyl (C=O) groups is 2. The number of benzene rings is 1. The second-order valence-electron chi connectivity index (χ2n) is 7.86. The fourth-order valence-corrected chi connectivity index (χ4v) is 4.29. The third kappa shape index (κ3) is 3.54. The fraction of sp³-hybridized carbons (Fsp3) is 0.476. The number of amides is 2. The molecule has 27 heavy (non-hydrogen) atoms. The number of hydrogen-bond acceptors (Lipinski definition) is 4. The third-order valence-electron chi connectivity index (χ3n) is 5.81. The first kappa shape index (κ1) is 17.9. The van der Waals surface area contributed by atoms with Crippen LogP contribution in [0.1, 0.15) is 18.4 Å². The van der Waals surface area contributed by atoms with Gasteiger partial charge in [-0.1, -0.05) is 18.2 Å². The number of carbonyl (C=O) groups excluding carboxylic acids is 2. The van der Waals surface area contributed by atoms with Gasteiger partial charge in [0.2, 0.25) is 11.8 Å². The summed E-state index contributed by atoms with van der Waals surface area (Å²) in [7, 11) is 3.48. The molecule has 0 unspecified atom stereocenters. The standard InChI is InChI=1S/C21H26N4O2/c1-23(2)20(26)14-25-17-8-7-16(21(25)27)12-24(13-17)11-15-9-10-22-19-6-4-3-5-18(15)19/h3-6,9-10,16-17H,7-8,11-14H2,1-2H3/t16-,17+/m0/s1. The molecule has 5 rings (SSSR count). The van der Waals surface area contributed by atoms with Gasteiger partial charge in [0.15, 0.2) is 0 Å². The van der Waals surface area contributed by atoms with Crippen molar-refractivity contribution in [3.63, 3.8) is 0 Å². The second-order valence-corrected chi connectivity index (χ2v) is 7.86. The van der Waals surface area contributed by atoms with Crippen molar-refractivity contribution in [2.24, 2.45) is 5.92 Å². The zero-order chi connectivity index (χ0) is 19.0. The van der Waals surface area contributed by atoms with Gasteiger partial charge in [-0.05, 0) is 30.5 Å². The Morgan fingerprint density at radius 1 is 1.19 bits per heavy atom. The molecule has 0 saturated carbocycles. The van der Waals surface area contributed by atoms with Crippen molar-refractivity contribution in [2.45, 2.75) is 25.4 Å². The molecule has 2 bridgehead atoms. The van der Waals surface area contributed by atoms with Crippen LogP contribution in [0.25, 0.3) is 10.9 Å². The van der Waals surface area contributed by atoms with Crippen LogP contribution in [0, 0.1) is 5.92 Å². The summed E-state index contributed by atoms with van der Waals surface area (Å²) in [6.45, 7) is 2.58. The number of aromatic nitrogens is 1. The predicted molar refractivity (Wildman–Crippen MR) is 104 cm³/mol. The zero-order valence-corrected chi connectivity index (χ0v) is 16.0. The van der Waals surface area contributed by atoms with Crippen LogP contribution in [0.15, 0.2) is 36.5 Å². The lowest BCUT2D eigenvalue weighted by Crippen LogP contribution is -2.51. The number of pyridine rings is 1. The topological polar surface area (TPSA) is 56.8 Å². The zero-order valence-electron chi connectivity index (χ0n) is 16.0. The van der Waals surface area contributed by atoms with E-state index in [2.05, 4.69) is 22.0 Å². The van der Waals surface area contributed by atoms with Crippen molar-refractivity contribution in [3.8, 4) is 0 Å². The summed E-state index contributed by atoms with van der Waals surface area (Å²) < 4.78 is 0. The quantitative estimate of drug-likeness (QED) is 0.827. The molecule has 4 heterocycles. The molecule has 3 aliphatic heterocycles. The van der Waals surface area contributed by atoms with Crippen LogP contribution in [0.2, 0.25) is 0 Å². The molecular formula is C21H26N4O2. The molecule has 0 aliphatic carbocycles. The van der Waals surface area contributed by atoms with E-state index in [4.69, 9.17) is 0 Å². The first-order valence-electron chi connectivity index (χ1n) is 9.58. The Morgan fingerprint density at radius 3 is 2.81 bits per heavy atom. The Morgan fingerprint density at radius 2 is 2.00 bits per heavy atom. The van der Waals surface area contributed by atoms with Gasteiger partial charge in [-0.3, -0.25) is 19.5 Å². The van der Waals surface area contributed by atoms with Crippen LogP contribution in [-0.2, 0) is 16.1 Å². The minimum absolute atomic E-state index is 0.00758. The average Bonchev–Trinajstić information content (AvgIpc) is 2.93. The smallest absolute Gasteiger partial charge is 0.241 e. The molecule has 0 radical (unpaired) electrons. The van der Waals surface area contributed by atoms with E-state index >= 15 is 0 Å². The Balaban J connectivity index is 1.55. The molecular weight excluding hydrogens is 340 g/mol. The molecule has 6 nitrogen and oxygen atoms in total. The fourth-order valence-electron chi connectivity index (χ4n) is 4.29. The van der Waals surface area contributed by atoms with Crippen LogP contribution in [0.5, 0.6) is 0 Å². The van der Waals surface area contributed by atoms with Gasteiger partial charge in [0.05, 0.1) is 11.4 Å². The van der Waals surface area contributed by atoms with Gasteiger partial charge in [0.25, 0.3) is 0 Å². The maximum atomic E-state index is 12.9. The lowest BCUT2D eigenvalue weighted by molar-refractivity contribution is -0.145. The average molecular weight is 366 g/mol. The minimum atomic E-state index is -0.0115. The Bertz CT molecular complexity index is 861. The molecule has 0 spiro atoms. The largest absolute Gasteiger partial charge is 0.347 e. The first-order chi connectivity index (χ1) is 13.0. The molecule has 6 heteroatoms. The number of nitrogens with zero attached hydrogens (tertiary/aromatic N) is 4. The maximum Gasteiger partial charge on any atom is 0.241 e. The Kier molecular flexibility index (Phi) is 4.83. The third-order valence-corrected chi connectivity index (χ3v) is 5.81. The van der Waals surface area contributed by atoms with Crippen molar-refractivity contribution in [2.75, 3.05) is 33.7 Å². The van der Waals surface area contributed by atoms with E-state index in [1.54, 1.807) is 19.0 Å². The highest BCUT2D eigenvalue weighted by Crippen LogP contribution is 2.30. The van der Waals surface area contributed by atoms with Gasteiger partial charge in [-0.25, -0.2) is 0 Å². The summed E-state index contributed by atoms with van der Waals surface area (Å²) in [5.74, 6) is 0.123. The van der Waals surface area contributed by atoms with E-state index in [9.17, 15) is 9.59 Å². The van der Waals surface area contributed by atoms with Crippen LogP contribution < -0.4 is 0 Å². The van der Waals surface area contributed by atoms with Crippen LogP contribution in [0.4, 0.5) is 0 Å². The summed E-state index contributed by atoms with van der Waals surface area (Å²) in [5, 5.41) is 1.17. The van der Waals surface area contributed by atoms with E-state index in [1.807, 2.05) is 29.3 Å². The highest BCUT2D eigenvalue weighted by Gasteiger charge is 2.41. The lowest BCUT2D eigenvalue weighted by atomic mass is 9.94. The number of para-hydroxylation sites is 1.